The van der Waals surface area contributed by atoms with E-state index in [9.17, 15) is 9.00 Å². The third-order valence-corrected chi connectivity index (χ3v) is 8.93. The van der Waals surface area contributed by atoms with Crippen molar-refractivity contribution in [3.05, 3.63) is 0 Å². The second kappa shape index (κ2) is 10.7. The van der Waals surface area contributed by atoms with Gasteiger partial charge in [-0.05, 0) is 38.8 Å². The molecule has 1 amide bonds. The highest BCUT2D eigenvalue weighted by Gasteiger charge is 2.33. The molecular weight excluding hydrogens is 369 g/mol. The summed E-state index contributed by atoms with van der Waals surface area (Å²) in [5.41, 5.74) is 0. The summed E-state index contributed by atoms with van der Waals surface area (Å²) in [7, 11) is 1.17. The number of oxime groups is 1. The van der Waals surface area contributed by atoms with Gasteiger partial charge in [0.25, 0.3) is 6.64 Å². The Morgan fingerprint density at radius 2 is 2.00 bits per heavy atom. The molecule has 1 unspecified atom stereocenters. The maximum Gasteiger partial charge on any atom is 0.434 e. The van der Waals surface area contributed by atoms with Gasteiger partial charge in [0.2, 0.25) is 0 Å². The molecule has 0 saturated heterocycles. The molecule has 0 aromatic rings. The number of carbonyl (C=O) groups excluding carboxylic acids is 1. The van der Waals surface area contributed by atoms with Gasteiger partial charge < -0.3 is 14.4 Å². The van der Waals surface area contributed by atoms with Crippen LogP contribution >= 0.6 is 18.4 Å². The third kappa shape index (κ3) is 7.03. The summed E-state index contributed by atoms with van der Waals surface area (Å²) in [6.07, 6.45) is 1.01. The first-order valence-electron chi connectivity index (χ1n) is 6.15. The zero-order valence-electron chi connectivity index (χ0n) is 13.4. The Labute approximate surface area is 143 Å². The lowest BCUT2D eigenvalue weighted by molar-refractivity contribution is 0.152. The summed E-state index contributed by atoms with van der Waals surface area (Å²) in [6, 6.07) is -0.193. The minimum atomic E-state index is -2.86. The van der Waals surface area contributed by atoms with Crippen LogP contribution in [0.3, 0.4) is 0 Å². The van der Waals surface area contributed by atoms with Crippen molar-refractivity contribution in [3.63, 3.8) is 0 Å². The van der Waals surface area contributed by atoms with Crippen molar-refractivity contribution in [2.24, 2.45) is 5.16 Å². The van der Waals surface area contributed by atoms with E-state index in [1.807, 2.05) is 0 Å². The molecular formula is C10H22N3O5PS3. The van der Waals surface area contributed by atoms with Crippen LogP contribution in [0.25, 0.3) is 0 Å². The van der Waals surface area contributed by atoms with Gasteiger partial charge in [0.1, 0.15) is 21.9 Å². The van der Waals surface area contributed by atoms with E-state index in [-0.39, 0.29) is 11.9 Å². The molecule has 0 radical (unpaired) electrons. The van der Waals surface area contributed by atoms with E-state index in [4.69, 9.17) is 20.9 Å². The summed E-state index contributed by atoms with van der Waals surface area (Å²) in [5.74, 6) is -0.185. The van der Waals surface area contributed by atoms with E-state index >= 15 is 0 Å². The first-order chi connectivity index (χ1) is 10.2. The van der Waals surface area contributed by atoms with Crippen LogP contribution in [0, 0.1) is 0 Å². The van der Waals surface area contributed by atoms with Crippen LogP contribution in [-0.2, 0) is 36.7 Å². The fourth-order valence-electron chi connectivity index (χ4n) is 1.23. The van der Waals surface area contributed by atoms with E-state index in [2.05, 4.69) is 15.3 Å². The number of hydrogen-bond acceptors (Lipinski definition) is 8. The highest BCUT2D eigenvalue weighted by Crippen LogP contribution is 2.52. The second-order valence-electron chi connectivity index (χ2n) is 4.07. The average molecular weight is 391 g/mol. The summed E-state index contributed by atoms with van der Waals surface area (Å²) in [4.78, 5) is 16.1. The standard InChI is InChI=1S/C10H22N3O5PS3/c1-8(2)13(19(20,16-4)17-5)22(15)7-11-10(14)18-12-9(3)21-6/h8H,7H2,1-6H3,(H,11,14). The van der Waals surface area contributed by atoms with Crippen molar-refractivity contribution in [2.75, 3.05) is 26.4 Å². The predicted molar refractivity (Wildman–Crippen MR) is 94.5 cm³/mol. The van der Waals surface area contributed by atoms with Crippen molar-refractivity contribution in [1.29, 1.82) is 0 Å². The number of amides is 1. The molecule has 0 spiro atoms. The lowest BCUT2D eigenvalue weighted by Crippen LogP contribution is -2.37. The van der Waals surface area contributed by atoms with Gasteiger partial charge in [-0.25, -0.2) is 9.00 Å². The topological polar surface area (TPSA) is 89.5 Å². The number of thioether (sulfide) groups is 1. The predicted octanol–water partition coefficient (Wildman–Crippen LogP) is 2.26. The molecule has 22 heavy (non-hydrogen) atoms. The van der Waals surface area contributed by atoms with E-state index in [0.717, 1.165) is 0 Å². The first kappa shape index (κ1) is 22.0. The highest BCUT2D eigenvalue weighted by molar-refractivity contribution is 8.13. The molecule has 0 bridgehead atoms. The minimum absolute atomic E-state index is 0.185. The van der Waals surface area contributed by atoms with Gasteiger partial charge >= 0.3 is 6.09 Å². The molecule has 0 fully saturated rings. The summed E-state index contributed by atoms with van der Waals surface area (Å²) < 4.78 is 24.2. The molecule has 0 heterocycles. The molecule has 1 N–H and O–H groups in total. The Hall–Kier alpha value is -0.0300. The molecule has 0 aliphatic heterocycles. The van der Waals surface area contributed by atoms with Crippen molar-refractivity contribution in [2.45, 2.75) is 26.8 Å². The van der Waals surface area contributed by atoms with Crippen LogP contribution < -0.4 is 5.32 Å². The SMILES string of the molecule is COP(=S)(OC)N(C(C)C)S(=O)CNC(=O)ON=C(C)SC. The Morgan fingerprint density at radius 1 is 1.45 bits per heavy atom. The van der Waals surface area contributed by atoms with Crippen molar-refractivity contribution in [3.8, 4) is 0 Å². The molecule has 0 aromatic carbocycles. The third-order valence-electron chi connectivity index (χ3n) is 2.25. The average Bonchev–Trinajstić information content (AvgIpc) is 2.49. The Balaban J connectivity index is 4.74. The number of carbonyl (C=O) groups is 1. The molecule has 0 rings (SSSR count). The van der Waals surface area contributed by atoms with Gasteiger partial charge in [-0.2, -0.15) is 0 Å². The molecule has 12 heteroatoms. The van der Waals surface area contributed by atoms with E-state index < -0.39 is 23.7 Å². The number of nitrogens with one attached hydrogen (secondary N) is 1. The minimum Gasteiger partial charge on any atom is -0.321 e. The quantitative estimate of drug-likeness (QED) is 0.223. The molecule has 0 aromatic heterocycles. The lowest BCUT2D eigenvalue weighted by atomic mass is 10.4. The number of rotatable bonds is 8. The number of hydrogen-bond donors (Lipinski definition) is 1. The Morgan fingerprint density at radius 3 is 2.41 bits per heavy atom. The number of nitrogens with zero attached hydrogens (tertiary/aromatic N) is 2. The molecule has 8 nitrogen and oxygen atoms in total. The Kier molecular flexibility index (Phi) is 10.7. The normalized spacial score (nSPS) is 14.3. The van der Waals surface area contributed by atoms with Crippen LogP contribution in [0.5, 0.6) is 0 Å². The van der Waals surface area contributed by atoms with Gasteiger partial charge in [-0.15, -0.1) is 15.8 Å². The molecule has 0 aliphatic rings. The van der Waals surface area contributed by atoms with Crippen LogP contribution in [0.1, 0.15) is 20.8 Å². The zero-order chi connectivity index (χ0) is 17.3. The van der Waals surface area contributed by atoms with Gasteiger partial charge in [-0.1, -0.05) is 5.16 Å². The summed E-state index contributed by atoms with van der Waals surface area (Å²) in [5, 5.41) is 6.52. The Bertz CT molecular complexity index is 467. The molecule has 1 atom stereocenters. The van der Waals surface area contributed by atoms with E-state index in [0.29, 0.717) is 5.04 Å². The summed E-state index contributed by atoms with van der Waals surface area (Å²) in [6.45, 7) is 2.46. The lowest BCUT2D eigenvalue weighted by Gasteiger charge is -2.32. The maximum absolute atomic E-state index is 12.4. The monoisotopic (exact) mass is 391 g/mol. The van der Waals surface area contributed by atoms with Crippen molar-refractivity contribution in [1.82, 2.24) is 9.39 Å². The fraction of sp³-hybridized carbons (Fsp3) is 0.800. The van der Waals surface area contributed by atoms with Crippen LogP contribution in [0.2, 0.25) is 0 Å². The van der Waals surface area contributed by atoms with E-state index in [1.54, 1.807) is 27.0 Å². The van der Waals surface area contributed by atoms with Gasteiger partial charge in [0, 0.05) is 20.3 Å². The fourth-order valence-corrected chi connectivity index (χ4v) is 5.92. The molecule has 0 saturated carbocycles. The van der Waals surface area contributed by atoms with Crippen LogP contribution in [-0.4, -0.2) is 51.8 Å². The van der Waals surface area contributed by atoms with Gasteiger partial charge in [0.05, 0.1) is 0 Å². The summed E-state index contributed by atoms with van der Waals surface area (Å²) >= 11 is 6.63. The van der Waals surface area contributed by atoms with Gasteiger partial charge in [-0.3, -0.25) is 4.84 Å². The largest absolute Gasteiger partial charge is 0.434 e. The second-order valence-corrected chi connectivity index (χ2v) is 10.1. The van der Waals surface area contributed by atoms with E-state index in [1.165, 1.54) is 30.1 Å². The maximum atomic E-state index is 12.4. The highest BCUT2D eigenvalue weighted by atomic mass is 32.5. The molecule has 0 aliphatic carbocycles. The van der Waals surface area contributed by atoms with Crippen LogP contribution in [0.15, 0.2) is 5.16 Å². The first-order valence-corrected chi connectivity index (χ1v) is 11.2. The van der Waals surface area contributed by atoms with Crippen molar-refractivity contribution < 1.29 is 22.9 Å². The smallest absolute Gasteiger partial charge is 0.321 e. The zero-order valence-corrected chi connectivity index (χ0v) is 16.7. The van der Waals surface area contributed by atoms with Crippen LogP contribution in [0.4, 0.5) is 4.79 Å². The van der Waals surface area contributed by atoms with Crippen molar-refractivity contribution >= 4 is 52.3 Å². The molecule has 130 valence electrons. The van der Waals surface area contributed by atoms with Gasteiger partial charge in [0.15, 0.2) is 0 Å².